The van der Waals surface area contributed by atoms with E-state index in [1.807, 2.05) is 17.4 Å². The Hall–Kier alpha value is -2.08. The van der Waals surface area contributed by atoms with Crippen LogP contribution < -0.4 is 5.32 Å². The lowest BCUT2D eigenvalue weighted by molar-refractivity contribution is 0.636. The normalized spacial score (nSPS) is 13.9. The first-order chi connectivity index (χ1) is 11.8. The van der Waals surface area contributed by atoms with Crippen LogP contribution in [0.4, 0.5) is 10.2 Å². The highest BCUT2D eigenvalue weighted by Crippen LogP contribution is 2.27. The van der Waals surface area contributed by atoms with Crippen molar-refractivity contribution in [3.63, 3.8) is 0 Å². The lowest BCUT2D eigenvalue weighted by atomic mass is 10.0. The third-order valence-electron chi connectivity index (χ3n) is 4.37. The van der Waals surface area contributed by atoms with E-state index in [1.165, 1.54) is 47.2 Å². The third-order valence-corrected chi connectivity index (χ3v) is 5.58. The topological polar surface area (TPSA) is 50.7 Å². The number of para-hydroxylation sites is 1. The maximum Gasteiger partial charge on any atom is 0.149 e. The van der Waals surface area contributed by atoms with Crippen molar-refractivity contribution in [1.82, 2.24) is 15.0 Å². The number of hydrogen-bond acceptors (Lipinski definition) is 5. The van der Waals surface area contributed by atoms with Gasteiger partial charge in [0, 0.05) is 23.2 Å². The number of nitrogens with zero attached hydrogens (tertiary/aromatic N) is 3. The zero-order valence-electron chi connectivity index (χ0n) is 13.4. The van der Waals surface area contributed by atoms with Gasteiger partial charge in [0.05, 0.1) is 10.7 Å². The molecule has 0 aliphatic heterocycles. The van der Waals surface area contributed by atoms with Crippen molar-refractivity contribution in [2.75, 3.05) is 11.9 Å². The van der Waals surface area contributed by atoms with Crippen molar-refractivity contribution in [3.05, 3.63) is 45.9 Å². The minimum absolute atomic E-state index is 0.314. The Balaban J connectivity index is 1.38. The number of nitrogens with one attached hydrogen (secondary N) is 1. The van der Waals surface area contributed by atoms with Crippen molar-refractivity contribution in [1.29, 1.82) is 0 Å². The molecular weight excluding hydrogens is 323 g/mol. The zero-order valence-corrected chi connectivity index (χ0v) is 14.2. The summed E-state index contributed by atoms with van der Waals surface area (Å²) in [6.45, 7) is 0.785. The number of halogens is 1. The second kappa shape index (κ2) is 6.81. The molecule has 0 saturated heterocycles. The Labute approximate surface area is 144 Å². The van der Waals surface area contributed by atoms with Gasteiger partial charge in [-0.05, 0) is 44.2 Å². The summed E-state index contributed by atoms with van der Waals surface area (Å²) >= 11 is 1.87. The molecule has 3 aromatic rings. The predicted octanol–water partition coefficient (Wildman–Crippen LogP) is 4.15. The molecule has 6 heteroatoms. The molecule has 1 N–H and O–H groups in total. The number of anilines is 1. The Morgan fingerprint density at radius 3 is 3.00 bits per heavy atom. The summed E-state index contributed by atoms with van der Waals surface area (Å²) in [5.41, 5.74) is 1.69. The molecule has 124 valence electrons. The maximum absolute atomic E-state index is 13.8. The third kappa shape index (κ3) is 3.11. The van der Waals surface area contributed by atoms with E-state index in [9.17, 15) is 4.39 Å². The molecule has 4 nitrogen and oxygen atoms in total. The maximum atomic E-state index is 13.8. The molecule has 0 bridgehead atoms. The summed E-state index contributed by atoms with van der Waals surface area (Å²) in [4.78, 5) is 14.5. The van der Waals surface area contributed by atoms with Gasteiger partial charge in [0.15, 0.2) is 0 Å². The predicted molar refractivity (Wildman–Crippen MR) is 95.1 cm³/mol. The van der Waals surface area contributed by atoms with Crippen molar-refractivity contribution in [2.45, 2.75) is 38.5 Å². The summed E-state index contributed by atoms with van der Waals surface area (Å²) in [7, 11) is 0. The summed E-state index contributed by atoms with van der Waals surface area (Å²) in [5, 5.41) is 5.27. The van der Waals surface area contributed by atoms with Crippen molar-refractivity contribution >= 4 is 28.1 Å². The molecule has 0 radical (unpaired) electrons. The van der Waals surface area contributed by atoms with Crippen LogP contribution in [0.15, 0.2) is 24.5 Å². The highest BCUT2D eigenvalue weighted by molar-refractivity contribution is 7.11. The van der Waals surface area contributed by atoms with Gasteiger partial charge >= 0.3 is 0 Å². The molecule has 1 aliphatic rings. The SMILES string of the molecule is Fc1cccc2c(NCCCc3nc4c(s3)CCCC4)ncnc12. The first kappa shape index (κ1) is 15.4. The highest BCUT2D eigenvalue weighted by Gasteiger charge is 2.14. The van der Waals surface area contributed by atoms with Gasteiger partial charge in [-0.2, -0.15) is 0 Å². The standard InChI is InChI=1S/C18H19FN4S/c19-13-6-3-5-12-17(13)21-11-22-18(12)20-10-4-9-16-23-14-7-1-2-8-15(14)24-16/h3,5-6,11H,1-2,4,7-10H2,(H,20,21,22). The van der Waals surface area contributed by atoms with E-state index < -0.39 is 0 Å². The molecule has 0 amide bonds. The summed E-state index contributed by atoms with van der Waals surface area (Å²) in [6, 6.07) is 4.95. The number of hydrogen-bond donors (Lipinski definition) is 1. The lowest BCUT2D eigenvalue weighted by Gasteiger charge is -2.07. The van der Waals surface area contributed by atoms with E-state index >= 15 is 0 Å². The quantitative estimate of drug-likeness (QED) is 0.708. The fraction of sp³-hybridized carbons (Fsp3) is 0.389. The van der Waals surface area contributed by atoms with Gasteiger partial charge in [0.1, 0.15) is 23.5 Å². The van der Waals surface area contributed by atoms with Crippen LogP contribution in [0, 0.1) is 5.82 Å². The van der Waals surface area contributed by atoms with Gasteiger partial charge in [0.25, 0.3) is 0 Å². The first-order valence-electron chi connectivity index (χ1n) is 8.42. The number of thiazole rings is 1. The molecule has 24 heavy (non-hydrogen) atoms. The van der Waals surface area contributed by atoms with Gasteiger partial charge in [-0.25, -0.2) is 19.3 Å². The molecular formula is C18H19FN4S. The van der Waals surface area contributed by atoms with Crippen LogP contribution in [0.25, 0.3) is 10.9 Å². The number of rotatable bonds is 5. The minimum Gasteiger partial charge on any atom is -0.369 e. The van der Waals surface area contributed by atoms with Crippen molar-refractivity contribution < 1.29 is 4.39 Å². The van der Waals surface area contributed by atoms with Crippen LogP contribution in [0.1, 0.15) is 34.8 Å². The smallest absolute Gasteiger partial charge is 0.149 e. The molecule has 0 atom stereocenters. The Morgan fingerprint density at radius 2 is 2.08 bits per heavy atom. The summed E-state index contributed by atoms with van der Waals surface area (Å²) in [6.07, 6.45) is 8.27. The second-order valence-corrected chi connectivity index (χ2v) is 7.24. The van der Waals surface area contributed by atoms with E-state index in [1.54, 1.807) is 6.07 Å². The van der Waals surface area contributed by atoms with Crippen LogP contribution in [0.5, 0.6) is 0 Å². The lowest BCUT2D eigenvalue weighted by Crippen LogP contribution is -2.06. The summed E-state index contributed by atoms with van der Waals surface area (Å²) in [5.74, 6) is 0.379. The van der Waals surface area contributed by atoms with Crippen LogP contribution in [0.2, 0.25) is 0 Å². The number of fused-ring (bicyclic) bond motifs is 2. The molecule has 4 rings (SSSR count). The fourth-order valence-electron chi connectivity index (χ4n) is 3.15. The summed E-state index contributed by atoms with van der Waals surface area (Å²) < 4.78 is 13.8. The molecule has 0 spiro atoms. The van der Waals surface area contributed by atoms with Crippen molar-refractivity contribution in [3.8, 4) is 0 Å². The minimum atomic E-state index is -0.314. The van der Waals surface area contributed by atoms with Gasteiger partial charge < -0.3 is 5.32 Å². The Bertz CT molecular complexity index is 838. The highest BCUT2D eigenvalue weighted by atomic mass is 32.1. The fourth-order valence-corrected chi connectivity index (χ4v) is 4.35. The molecule has 0 fully saturated rings. The molecule has 0 saturated carbocycles. The Kier molecular flexibility index (Phi) is 4.38. The number of aryl methyl sites for hydroxylation is 3. The van der Waals surface area contributed by atoms with Crippen LogP contribution in [0.3, 0.4) is 0 Å². The molecule has 1 aromatic carbocycles. The van der Waals surface area contributed by atoms with Crippen molar-refractivity contribution in [2.24, 2.45) is 0 Å². The van der Waals surface area contributed by atoms with E-state index in [-0.39, 0.29) is 5.82 Å². The molecule has 2 aromatic heterocycles. The average molecular weight is 342 g/mol. The first-order valence-corrected chi connectivity index (χ1v) is 9.23. The van der Waals surface area contributed by atoms with Crippen LogP contribution in [-0.4, -0.2) is 21.5 Å². The van der Waals surface area contributed by atoms with Gasteiger partial charge in [-0.15, -0.1) is 11.3 Å². The van der Waals surface area contributed by atoms with Crippen LogP contribution >= 0.6 is 11.3 Å². The second-order valence-electron chi connectivity index (χ2n) is 6.07. The molecule has 2 heterocycles. The van der Waals surface area contributed by atoms with Gasteiger partial charge in [-0.3, -0.25) is 0 Å². The zero-order chi connectivity index (χ0) is 16.4. The molecule has 1 aliphatic carbocycles. The molecule has 0 unspecified atom stereocenters. The number of benzene rings is 1. The van der Waals surface area contributed by atoms with E-state index in [2.05, 4.69) is 15.3 Å². The number of aromatic nitrogens is 3. The van der Waals surface area contributed by atoms with E-state index in [0.29, 0.717) is 11.3 Å². The monoisotopic (exact) mass is 342 g/mol. The van der Waals surface area contributed by atoms with Crippen LogP contribution in [-0.2, 0) is 19.3 Å². The van der Waals surface area contributed by atoms with Gasteiger partial charge in [-0.1, -0.05) is 6.07 Å². The average Bonchev–Trinajstić information content (AvgIpc) is 3.02. The van der Waals surface area contributed by atoms with E-state index in [4.69, 9.17) is 4.98 Å². The largest absolute Gasteiger partial charge is 0.369 e. The Morgan fingerprint density at radius 1 is 1.17 bits per heavy atom. The van der Waals surface area contributed by atoms with E-state index in [0.717, 1.165) is 31.2 Å². The van der Waals surface area contributed by atoms with Gasteiger partial charge in [0.2, 0.25) is 0 Å².